The number of halogens is 1. The predicted molar refractivity (Wildman–Crippen MR) is 69.2 cm³/mol. The Hall–Kier alpha value is -0.780. The molecule has 2 N–H and O–H groups in total. The van der Waals surface area contributed by atoms with Crippen molar-refractivity contribution >= 4 is 34.2 Å². The largest absolute Gasteiger partial charge is 0.480 e. The number of aryl methyl sites for hydroxylation is 1. The van der Waals surface area contributed by atoms with Gasteiger partial charge in [0.15, 0.2) is 0 Å². The quantitative estimate of drug-likeness (QED) is 0.839. The number of anilines is 1. The summed E-state index contributed by atoms with van der Waals surface area (Å²) in [6.45, 7) is 3.83. The van der Waals surface area contributed by atoms with E-state index in [4.69, 9.17) is 5.11 Å². The predicted octanol–water partition coefficient (Wildman–Crippen LogP) is 2.87. The van der Waals surface area contributed by atoms with Gasteiger partial charge >= 0.3 is 5.97 Å². The summed E-state index contributed by atoms with van der Waals surface area (Å²) in [5, 5.41) is 11.9. The third kappa shape index (κ3) is 3.37. The van der Waals surface area contributed by atoms with Crippen LogP contribution in [0.4, 0.5) is 5.69 Å². The van der Waals surface area contributed by atoms with E-state index in [2.05, 4.69) is 27.9 Å². The van der Waals surface area contributed by atoms with E-state index in [1.165, 1.54) is 0 Å². The molecule has 0 amide bonds. The van der Waals surface area contributed by atoms with Crippen LogP contribution in [-0.2, 0) is 4.79 Å². The van der Waals surface area contributed by atoms with Crippen LogP contribution in [0.15, 0.2) is 18.2 Å². The minimum Gasteiger partial charge on any atom is -0.480 e. The Bertz CT molecular complexity index is 366. The molecule has 0 spiro atoms. The molecular weight excluding hydrogens is 305 g/mol. The molecule has 0 aliphatic heterocycles. The van der Waals surface area contributed by atoms with Crippen molar-refractivity contribution in [3.8, 4) is 0 Å². The zero-order valence-corrected chi connectivity index (χ0v) is 10.9. The van der Waals surface area contributed by atoms with Crippen LogP contribution in [0.3, 0.4) is 0 Å². The van der Waals surface area contributed by atoms with Crippen LogP contribution in [0.5, 0.6) is 0 Å². The van der Waals surface area contributed by atoms with Gasteiger partial charge < -0.3 is 10.4 Å². The molecule has 0 saturated heterocycles. The molecule has 3 nitrogen and oxygen atoms in total. The van der Waals surface area contributed by atoms with E-state index in [0.29, 0.717) is 6.42 Å². The Morgan fingerprint density at radius 2 is 2.27 bits per heavy atom. The van der Waals surface area contributed by atoms with Gasteiger partial charge in [0.25, 0.3) is 0 Å². The molecule has 0 bridgehead atoms. The van der Waals surface area contributed by atoms with Gasteiger partial charge in [0.1, 0.15) is 6.04 Å². The minimum absolute atomic E-state index is 0.510. The maximum atomic E-state index is 10.8. The number of carboxylic acid groups (broad SMARTS) is 1. The number of nitrogens with one attached hydrogen (secondary N) is 1. The molecule has 0 heterocycles. The molecule has 0 aliphatic carbocycles. The highest BCUT2D eigenvalue weighted by molar-refractivity contribution is 14.1. The van der Waals surface area contributed by atoms with Crippen LogP contribution in [0, 0.1) is 10.5 Å². The van der Waals surface area contributed by atoms with Crippen LogP contribution in [0.25, 0.3) is 0 Å². The fraction of sp³-hybridized carbons (Fsp3) is 0.364. The zero-order chi connectivity index (χ0) is 11.4. The number of hydrogen-bond donors (Lipinski definition) is 2. The van der Waals surface area contributed by atoms with E-state index in [0.717, 1.165) is 14.8 Å². The Labute approximate surface area is 103 Å². The van der Waals surface area contributed by atoms with Gasteiger partial charge in [-0.2, -0.15) is 0 Å². The first-order valence-electron chi connectivity index (χ1n) is 4.80. The highest BCUT2D eigenvalue weighted by Gasteiger charge is 2.14. The molecule has 0 saturated carbocycles. The van der Waals surface area contributed by atoms with E-state index < -0.39 is 12.0 Å². The lowest BCUT2D eigenvalue weighted by molar-refractivity contribution is -0.137. The van der Waals surface area contributed by atoms with Crippen molar-refractivity contribution in [1.29, 1.82) is 0 Å². The van der Waals surface area contributed by atoms with Crippen LogP contribution in [0.1, 0.15) is 18.9 Å². The summed E-state index contributed by atoms with van der Waals surface area (Å²) in [5.41, 5.74) is 1.96. The fourth-order valence-electron chi connectivity index (χ4n) is 1.32. The maximum Gasteiger partial charge on any atom is 0.326 e. The summed E-state index contributed by atoms with van der Waals surface area (Å²) in [6.07, 6.45) is 0.570. The molecule has 0 aromatic heterocycles. The van der Waals surface area contributed by atoms with Crippen LogP contribution < -0.4 is 5.32 Å². The van der Waals surface area contributed by atoms with Crippen molar-refractivity contribution < 1.29 is 9.90 Å². The number of aliphatic carboxylic acids is 1. The first-order chi connectivity index (χ1) is 7.04. The lowest BCUT2D eigenvalue weighted by Crippen LogP contribution is -2.28. The standard InChI is InChI=1S/C11H14INO2/c1-3-9(11(14)15)13-10-5-4-8(12)6-7(10)2/h4-6,9,13H,3H2,1-2H3,(H,14,15). The Morgan fingerprint density at radius 3 is 2.73 bits per heavy atom. The third-order valence-corrected chi connectivity index (χ3v) is 2.90. The van der Waals surface area contributed by atoms with Gasteiger partial charge in [0, 0.05) is 9.26 Å². The highest BCUT2D eigenvalue weighted by Crippen LogP contribution is 2.19. The Kier molecular flexibility index (Phi) is 4.38. The highest BCUT2D eigenvalue weighted by atomic mass is 127. The van der Waals surface area contributed by atoms with E-state index in [-0.39, 0.29) is 0 Å². The maximum absolute atomic E-state index is 10.8. The average Bonchev–Trinajstić information content (AvgIpc) is 2.16. The van der Waals surface area contributed by atoms with Gasteiger partial charge in [0.05, 0.1) is 0 Å². The molecular formula is C11H14INO2. The van der Waals surface area contributed by atoms with Crippen LogP contribution in [-0.4, -0.2) is 17.1 Å². The van der Waals surface area contributed by atoms with E-state index in [9.17, 15) is 4.79 Å². The summed E-state index contributed by atoms with van der Waals surface area (Å²) in [5.74, 6) is -0.810. The van der Waals surface area contributed by atoms with Gasteiger partial charge in [-0.1, -0.05) is 6.92 Å². The summed E-state index contributed by atoms with van der Waals surface area (Å²) >= 11 is 2.23. The van der Waals surface area contributed by atoms with Crippen molar-refractivity contribution in [2.24, 2.45) is 0 Å². The van der Waals surface area contributed by atoms with E-state index in [1.807, 2.05) is 32.0 Å². The van der Waals surface area contributed by atoms with Gasteiger partial charge in [-0.05, 0) is 59.7 Å². The Morgan fingerprint density at radius 1 is 1.60 bits per heavy atom. The van der Waals surface area contributed by atoms with Gasteiger partial charge in [0.2, 0.25) is 0 Å². The molecule has 0 aliphatic rings. The van der Waals surface area contributed by atoms with E-state index >= 15 is 0 Å². The van der Waals surface area contributed by atoms with Crippen molar-refractivity contribution in [3.63, 3.8) is 0 Å². The Balaban J connectivity index is 2.84. The second kappa shape index (κ2) is 5.34. The average molecular weight is 319 g/mol. The van der Waals surface area contributed by atoms with Crippen molar-refractivity contribution in [1.82, 2.24) is 0 Å². The molecule has 1 aromatic rings. The molecule has 4 heteroatoms. The molecule has 15 heavy (non-hydrogen) atoms. The van der Waals surface area contributed by atoms with Crippen molar-refractivity contribution in [2.45, 2.75) is 26.3 Å². The molecule has 0 fully saturated rings. The number of carboxylic acids is 1. The monoisotopic (exact) mass is 319 g/mol. The molecule has 0 radical (unpaired) electrons. The van der Waals surface area contributed by atoms with Gasteiger partial charge in [-0.15, -0.1) is 0 Å². The number of benzene rings is 1. The first-order valence-corrected chi connectivity index (χ1v) is 5.88. The lowest BCUT2D eigenvalue weighted by atomic mass is 10.1. The van der Waals surface area contributed by atoms with Gasteiger partial charge in [-0.3, -0.25) is 0 Å². The summed E-state index contributed by atoms with van der Waals surface area (Å²) < 4.78 is 1.15. The number of rotatable bonds is 4. The normalized spacial score (nSPS) is 12.2. The molecule has 1 rings (SSSR count). The summed E-state index contributed by atoms with van der Waals surface area (Å²) in [6, 6.07) is 5.40. The topological polar surface area (TPSA) is 49.3 Å². The smallest absolute Gasteiger partial charge is 0.326 e. The SMILES string of the molecule is CCC(Nc1ccc(I)cc1C)C(=O)O. The molecule has 82 valence electrons. The van der Waals surface area contributed by atoms with Crippen LogP contribution >= 0.6 is 22.6 Å². The molecule has 1 atom stereocenters. The number of carbonyl (C=O) groups is 1. The first kappa shape index (κ1) is 12.3. The number of hydrogen-bond acceptors (Lipinski definition) is 2. The minimum atomic E-state index is -0.810. The van der Waals surface area contributed by atoms with Crippen molar-refractivity contribution in [2.75, 3.05) is 5.32 Å². The van der Waals surface area contributed by atoms with E-state index in [1.54, 1.807) is 0 Å². The second-order valence-electron chi connectivity index (χ2n) is 3.40. The van der Waals surface area contributed by atoms with Crippen LogP contribution in [0.2, 0.25) is 0 Å². The van der Waals surface area contributed by atoms with Gasteiger partial charge in [-0.25, -0.2) is 4.79 Å². The summed E-state index contributed by atoms with van der Waals surface area (Å²) in [7, 11) is 0. The third-order valence-electron chi connectivity index (χ3n) is 2.22. The zero-order valence-electron chi connectivity index (χ0n) is 8.75. The molecule has 1 unspecified atom stereocenters. The van der Waals surface area contributed by atoms with Crippen molar-refractivity contribution in [3.05, 3.63) is 27.3 Å². The lowest BCUT2D eigenvalue weighted by Gasteiger charge is -2.15. The second-order valence-corrected chi connectivity index (χ2v) is 4.65. The fourth-order valence-corrected chi connectivity index (χ4v) is 1.96. The molecule has 1 aromatic carbocycles. The summed E-state index contributed by atoms with van der Waals surface area (Å²) in [4.78, 5) is 10.8.